The fraction of sp³-hybridized carbons (Fsp3) is 0.611. The lowest BCUT2D eigenvalue weighted by atomic mass is 10.1. The van der Waals surface area contributed by atoms with Crippen molar-refractivity contribution in [2.24, 2.45) is 5.92 Å². The predicted octanol–water partition coefficient (Wildman–Crippen LogP) is 1.25. The quantitative estimate of drug-likeness (QED) is 0.829. The van der Waals surface area contributed by atoms with E-state index in [1.54, 1.807) is 12.1 Å². The first kappa shape index (κ1) is 19.3. The van der Waals surface area contributed by atoms with Gasteiger partial charge in [0, 0.05) is 37.7 Å². The minimum atomic E-state index is -3.67. The maximum atomic E-state index is 12.9. The van der Waals surface area contributed by atoms with Crippen LogP contribution in [-0.4, -0.2) is 63.7 Å². The van der Waals surface area contributed by atoms with Gasteiger partial charge in [-0.25, -0.2) is 8.42 Å². The van der Waals surface area contributed by atoms with E-state index in [0.717, 1.165) is 13.0 Å². The fourth-order valence-corrected chi connectivity index (χ4v) is 4.83. The summed E-state index contributed by atoms with van der Waals surface area (Å²) in [6.07, 6.45) is 0.932. The first-order chi connectivity index (χ1) is 12.3. The summed E-state index contributed by atoms with van der Waals surface area (Å²) < 4.78 is 38.2. The number of ether oxygens (including phenoxy) is 2. The molecule has 1 unspecified atom stereocenters. The monoisotopic (exact) mass is 382 g/mol. The highest BCUT2D eigenvalue weighted by Gasteiger charge is 2.35. The lowest BCUT2D eigenvalue weighted by molar-refractivity contribution is -0.0640. The highest BCUT2D eigenvalue weighted by molar-refractivity contribution is 7.89. The zero-order valence-electron chi connectivity index (χ0n) is 15.2. The molecule has 2 saturated heterocycles. The zero-order valence-corrected chi connectivity index (χ0v) is 16.0. The van der Waals surface area contributed by atoms with Crippen molar-refractivity contribution in [1.82, 2.24) is 9.62 Å². The summed E-state index contributed by atoms with van der Waals surface area (Å²) in [4.78, 5) is 12.5. The SMILES string of the molecule is CC1(C)CN(S(=O)(=O)c2cccc(C(=O)NCC3CCOC3)c2)CCO1. The third-order valence-corrected chi connectivity index (χ3v) is 6.54. The van der Waals surface area contributed by atoms with E-state index in [1.807, 2.05) is 13.8 Å². The number of amides is 1. The summed E-state index contributed by atoms with van der Waals surface area (Å²) in [6.45, 7) is 6.60. The van der Waals surface area contributed by atoms with Crippen molar-refractivity contribution < 1.29 is 22.7 Å². The van der Waals surface area contributed by atoms with Gasteiger partial charge in [0.05, 0.1) is 23.7 Å². The number of benzene rings is 1. The van der Waals surface area contributed by atoms with Crippen LogP contribution < -0.4 is 5.32 Å². The number of rotatable bonds is 5. The second-order valence-electron chi connectivity index (χ2n) is 7.41. The molecular formula is C18H26N2O5S. The first-order valence-corrected chi connectivity index (χ1v) is 10.3. The van der Waals surface area contributed by atoms with E-state index in [4.69, 9.17) is 9.47 Å². The molecule has 144 valence electrons. The molecule has 1 aromatic rings. The average Bonchev–Trinajstić information content (AvgIpc) is 3.12. The Labute approximate surface area is 154 Å². The molecule has 0 aliphatic carbocycles. The van der Waals surface area contributed by atoms with Crippen LogP contribution in [0.5, 0.6) is 0 Å². The molecule has 0 aromatic heterocycles. The van der Waals surface area contributed by atoms with Gasteiger partial charge in [0.2, 0.25) is 10.0 Å². The van der Waals surface area contributed by atoms with E-state index < -0.39 is 15.6 Å². The van der Waals surface area contributed by atoms with E-state index in [0.29, 0.717) is 37.8 Å². The van der Waals surface area contributed by atoms with Gasteiger partial charge in [-0.2, -0.15) is 4.31 Å². The Morgan fingerprint density at radius 3 is 2.85 bits per heavy atom. The average molecular weight is 382 g/mol. The van der Waals surface area contributed by atoms with Crippen LogP contribution in [0.15, 0.2) is 29.2 Å². The summed E-state index contributed by atoms with van der Waals surface area (Å²) in [5.74, 6) is 0.0534. The Morgan fingerprint density at radius 2 is 2.15 bits per heavy atom. The molecule has 0 radical (unpaired) electrons. The van der Waals surface area contributed by atoms with Gasteiger partial charge >= 0.3 is 0 Å². The predicted molar refractivity (Wildman–Crippen MR) is 96.5 cm³/mol. The molecular weight excluding hydrogens is 356 g/mol. The number of nitrogens with one attached hydrogen (secondary N) is 1. The van der Waals surface area contributed by atoms with Gasteiger partial charge in [0.1, 0.15) is 0 Å². The minimum absolute atomic E-state index is 0.132. The highest BCUT2D eigenvalue weighted by Crippen LogP contribution is 2.24. The third-order valence-electron chi connectivity index (χ3n) is 4.70. The molecule has 2 aliphatic heterocycles. The van der Waals surface area contributed by atoms with Crippen LogP contribution >= 0.6 is 0 Å². The van der Waals surface area contributed by atoms with Gasteiger partial charge in [-0.15, -0.1) is 0 Å². The molecule has 0 saturated carbocycles. The molecule has 3 rings (SSSR count). The van der Waals surface area contributed by atoms with Crippen molar-refractivity contribution in [3.8, 4) is 0 Å². The largest absolute Gasteiger partial charge is 0.381 e. The third kappa shape index (κ3) is 4.43. The van der Waals surface area contributed by atoms with E-state index in [-0.39, 0.29) is 17.3 Å². The van der Waals surface area contributed by atoms with Crippen LogP contribution in [0.25, 0.3) is 0 Å². The number of sulfonamides is 1. The lowest BCUT2D eigenvalue weighted by Gasteiger charge is -2.37. The van der Waals surface area contributed by atoms with Gasteiger partial charge in [-0.3, -0.25) is 4.79 Å². The van der Waals surface area contributed by atoms with Gasteiger partial charge < -0.3 is 14.8 Å². The number of morpholine rings is 1. The molecule has 2 aliphatic rings. The maximum absolute atomic E-state index is 12.9. The molecule has 2 heterocycles. The molecule has 1 N–H and O–H groups in total. The van der Waals surface area contributed by atoms with Gasteiger partial charge in [-0.1, -0.05) is 6.07 Å². The van der Waals surface area contributed by atoms with E-state index >= 15 is 0 Å². The number of nitrogens with zero attached hydrogens (tertiary/aromatic N) is 1. The van der Waals surface area contributed by atoms with E-state index in [2.05, 4.69) is 5.32 Å². The summed E-state index contributed by atoms with van der Waals surface area (Å²) >= 11 is 0. The molecule has 7 nitrogen and oxygen atoms in total. The Morgan fingerprint density at radius 1 is 1.35 bits per heavy atom. The van der Waals surface area contributed by atoms with Crippen LogP contribution in [0, 0.1) is 5.92 Å². The molecule has 1 aromatic carbocycles. The van der Waals surface area contributed by atoms with Crippen molar-refractivity contribution in [2.75, 3.05) is 39.5 Å². The minimum Gasteiger partial charge on any atom is -0.381 e. The van der Waals surface area contributed by atoms with Crippen LogP contribution in [0.2, 0.25) is 0 Å². The van der Waals surface area contributed by atoms with Crippen molar-refractivity contribution in [3.63, 3.8) is 0 Å². The van der Waals surface area contributed by atoms with Gasteiger partial charge in [-0.05, 0) is 38.5 Å². The fourth-order valence-electron chi connectivity index (χ4n) is 3.21. The van der Waals surface area contributed by atoms with Crippen LogP contribution in [0.4, 0.5) is 0 Å². The summed E-state index contributed by atoms with van der Waals surface area (Å²) in [6, 6.07) is 6.20. The number of hydrogen-bond donors (Lipinski definition) is 1. The number of carbonyl (C=O) groups excluding carboxylic acids is 1. The van der Waals surface area contributed by atoms with Crippen LogP contribution in [-0.2, 0) is 19.5 Å². The maximum Gasteiger partial charge on any atom is 0.251 e. The normalized spacial score (nSPS) is 23.7. The zero-order chi connectivity index (χ0) is 18.8. The van der Waals surface area contributed by atoms with Crippen molar-refractivity contribution >= 4 is 15.9 Å². The van der Waals surface area contributed by atoms with Gasteiger partial charge in [0.15, 0.2) is 0 Å². The summed E-state index contributed by atoms with van der Waals surface area (Å²) in [5, 5.41) is 2.86. The molecule has 1 atom stereocenters. The summed E-state index contributed by atoms with van der Waals surface area (Å²) in [7, 11) is -3.67. The molecule has 0 spiro atoms. The molecule has 2 fully saturated rings. The first-order valence-electron chi connectivity index (χ1n) is 8.88. The summed E-state index contributed by atoms with van der Waals surface area (Å²) in [5.41, 5.74) is -0.179. The Kier molecular flexibility index (Phi) is 5.67. The van der Waals surface area contributed by atoms with E-state index in [9.17, 15) is 13.2 Å². The number of carbonyl (C=O) groups is 1. The van der Waals surface area contributed by atoms with E-state index in [1.165, 1.54) is 16.4 Å². The molecule has 1 amide bonds. The molecule has 8 heteroatoms. The second kappa shape index (κ2) is 7.64. The van der Waals surface area contributed by atoms with Crippen molar-refractivity contribution in [1.29, 1.82) is 0 Å². The van der Waals surface area contributed by atoms with Crippen molar-refractivity contribution in [2.45, 2.75) is 30.8 Å². The van der Waals surface area contributed by atoms with Crippen molar-refractivity contribution in [3.05, 3.63) is 29.8 Å². The lowest BCUT2D eigenvalue weighted by Crippen LogP contribution is -2.50. The Balaban J connectivity index is 1.72. The second-order valence-corrected chi connectivity index (χ2v) is 9.35. The van der Waals surface area contributed by atoms with Gasteiger partial charge in [0.25, 0.3) is 5.91 Å². The number of hydrogen-bond acceptors (Lipinski definition) is 5. The Hall–Kier alpha value is -1.48. The topological polar surface area (TPSA) is 84.9 Å². The standard InChI is InChI=1S/C18H26N2O5S/c1-18(2)13-20(7-9-25-18)26(22,23)16-5-3-4-15(10-16)17(21)19-11-14-6-8-24-12-14/h3-5,10,14H,6-9,11-13H2,1-2H3,(H,19,21). The van der Waals surface area contributed by atoms with Crippen LogP contribution in [0.3, 0.4) is 0 Å². The highest BCUT2D eigenvalue weighted by atomic mass is 32.2. The Bertz CT molecular complexity index is 757. The molecule has 0 bridgehead atoms. The van der Waals surface area contributed by atoms with Crippen LogP contribution in [0.1, 0.15) is 30.6 Å². The smallest absolute Gasteiger partial charge is 0.251 e. The molecule has 26 heavy (non-hydrogen) atoms.